The maximum atomic E-state index is 2.97. The van der Waals surface area contributed by atoms with Gasteiger partial charge in [-0.2, -0.15) is 12.1 Å². The van der Waals surface area contributed by atoms with E-state index in [-0.39, 0.29) is 14.9 Å². The molecule has 0 amide bonds. The van der Waals surface area contributed by atoms with Crippen molar-refractivity contribution in [2.75, 3.05) is 0 Å². The molecule has 216 valence electrons. The molecule has 0 saturated heterocycles. The third-order valence-electron chi connectivity index (χ3n) is 7.95. The first-order chi connectivity index (χ1) is 20.7. The van der Waals surface area contributed by atoms with E-state index in [4.69, 9.17) is 0 Å². The van der Waals surface area contributed by atoms with Crippen molar-refractivity contribution in [2.24, 2.45) is 0 Å². The van der Waals surface area contributed by atoms with Crippen LogP contribution in [0.4, 0.5) is 0 Å². The van der Waals surface area contributed by atoms with Crippen LogP contribution in [-0.2, 0) is 19.2 Å². The van der Waals surface area contributed by atoms with Gasteiger partial charge in [-0.3, -0.25) is 0 Å². The van der Waals surface area contributed by atoms with Gasteiger partial charge in [0, 0.05) is 0 Å². The summed E-state index contributed by atoms with van der Waals surface area (Å²) in [7, 11) is 2.97. The second kappa shape index (κ2) is 14.6. The summed E-state index contributed by atoms with van der Waals surface area (Å²) in [5, 5.41) is 10.6. The third-order valence-corrected chi connectivity index (χ3v) is 7.95. The predicted molar refractivity (Wildman–Crippen MR) is 193 cm³/mol. The van der Waals surface area contributed by atoms with Gasteiger partial charge in [-0.15, -0.1) is 69.1 Å². The molecule has 0 spiro atoms. The molecule has 2 radical (unpaired) electrons. The summed E-state index contributed by atoms with van der Waals surface area (Å²) in [5.41, 5.74) is 7.94. The average molecular weight is 617 g/mol. The van der Waals surface area contributed by atoms with Crippen LogP contribution in [0, 0.1) is 28.7 Å². The summed E-state index contributed by atoms with van der Waals surface area (Å²) < 4.78 is 0. The van der Waals surface area contributed by atoms with Crippen LogP contribution in [0.2, 0.25) is 0 Å². The SMILES string of the molecule is Cc1cc2c(-c3cccc4ccccc34)cccc2[cH-]1.Cc1cc2c(-c3cccc4ccccc34)cccc2[cH-]1.[CH3-].[CH3-].[Si]=[Ti]. The Balaban J connectivity index is 0.000000182. The van der Waals surface area contributed by atoms with E-state index in [2.05, 4.69) is 167 Å². The molecule has 0 saturated carbocycles. The number of hydrogen-bond donors (Lipinski definition) is 0. The van der Waals surface area contributed by atoms with Crippen molar-refractivity contribution in [3.05, 3.63) is 172 Å². The Morgan fingerprint density at radius 1 is 0.409 bits per heavy atom. The maximum absolute atomic E-state index is 2.97. The molecule has 0 unspecified atom stereocenters. The zero-order chi connectivity index (χ0) is 29.1. The van der Waals surface area contributed by atoms with E-state index in [1.165, 1.54) is 76.5 Å². The van der Waals surface area contributed by atoms with Crippen LogP contribution in [0.1, 0.15) is 11.1 Å². The molecule has 44 heavy (non-hydrogen) atoms. The van der Waals surface area contributed by atoms with Crippen molar-refractivity contribution in [3.63, 3.8) is 0 Å². The second-order valence-corrected chi connectivity index (χ2v) is 10.7. The van der Waals surface area contributed by atoms with E-state index >= 15 is 0 Å². The molecule has 8 aromatic carbocycles. The molecule has 0 fully saturated rings. The fraction of sp³-hybridized carbons (Fsp3) is 0.0476. The zero-order valence-corrected chi connectivity index (χ0v) is 28.4. The normalized spacial score (nSPS) is 10.3. The standard InChI is InChI=1S/2C20H15.2CH3.Si.Ti/c2*1-14-12-16-8-5-11-19(20(16)13-14)18-10-4-7-15-6-2-3-9-17(15)18;;;;/h2*2-13H,1H3;2*1H3;;/q4*-1;;. The van der Waals surface area contributed by atoms with Gasteiger partial charge in [-0.1, -0.05) is 122 Å². The summed E-state index contributed by atoms with van der Waals surface area (Å²) in [6.45, 7) is 4.32. The van der Waals surface area contributed by atoms with Gasteiger partial charge in [0.05, 0.1) is 0 Å². The van der Waals surface area contributed by atoms with Gasteiger partial charge in [0.2, 0.25) is 0 Å². The van der Waals surface area contributed by atoms with Gasteiger partial charge < -0.3 is 14.9 Å². The van der Waals surface area contributed by atoms with Crippen molar-refractivity contribution in [1.82, 2.24) is 0 Å². The van der Waals surface area contributed by atoms with Crippen molar-refractivity contribution in [2.45, 2.75) is 13.8 Å². The van der Waals surface area contributed by atoms with Crippen LogP contribution >= 0.6 is 0 Å². The van der Waals surface area contributed by atoms with Gasteiger partial charge >= 0.3 is 26.8 Å². The van der Waals surface area contributed by atoms with Crippen LogP contribution in [-0.4, -0.2) is 7.63 Å². The summed E-state index contributed by atoms with van der Waals surface area (Å²) >= 11 is 1.81. The molecule has 0 aliphatic rings. The number of fused-ring (bicyclic) bond motifs is 4. The number of rotatable bonds is 2. The Kier molecular flexibility index (Phi) is 10.9. The molecule has 0 N–H and O–H groups in total. The van der Waals surface area contributed by atoms with Crippen LogP contribution < -0.4 is 0 Å². The zero-order valence-electron chi connectivity index (χ0n) is 25.9. The van der Waals surface area contributed by atoms with E-state index in [1.54, 1.807) is 19.2 Å². The van der Waals surface area contributed by atoms with Crippen LogP contribution in [0.15, 0.2) is 146 Å². The van der Waals surface area contributed by atoms with E-state index < -0.39 is 0 Å². The molecule has 0 aliphatic heterocycles. The van der Waals surface area contributed by atoms with Crippen molar-refractivity contribution < 1.29 is 19.2 Å². The van der Waals surface area contributed by atoms with Crippen LogP contribution in [0.25, 0.3) is 65.3 Å². The summed E-state index contributed by atoms with van der Waals surface area (Å²) in [5.74, 6) is 0. The van der Waals surface area contributed by atoms with Crippen molar-refractivity contribution >= 4 is 50.7 Å². The van der Waals surface area contributed by atoms with Gasteiger partial charge in [0.15, 0.2) is 0 Å². The topological polar surface area (TPSA) is 0 Å². The minimum absolute atomic E-state index is 0. The molecular weight excluding hydrogens is 580 g/mol. The Bertz CT molecular complexity index is 2000. The molecule has 2 heteroatoms. The first-order valence-corrected chi connectivity index (χ1v) is 17.0. The summed E-state index contributed by atoms with van der Waals surface area (Å²) in [4.78, 5) is 0. The van der Waals surface area contributed by atoms with E-state index in [9.17, 15) is 0 Å². The van der Waals surface area contributed by atoms with Gasteiger partial charge in [-0.25, -0.2) is 0 Å². The molecule has 0 aromatic heterocycles. The summed E-state index contributed by atoms with van der Waals surface area (Å²) in [6, 6.07) is 52.5. The quantitative estimate of drug-likeness (QED) is 0.134. The number of hydrogen-bond acceptors (Lipinski definition) is 0. The first kappa shape index (κ1) is 32.9. The van der Waals surface area contributed by atoms with Gasteiger partial charge in [-0.05, 0) is 32.7 Å². The molecular formula is C42H36SiTi-4. The minimum atomic E-state index is 0. The Morgan fingerprint density at radius 2 is 0.727 bits per heavy atom. The molecule has 8 rings (SSSR count). The monoisotopic (exact) mass is 616 g/mol. The van der Waals surface area contributed by atoms with E-state index in [0.29, 0.717) is 0 Å². The fourth-order valence-electron chi connectivity index (χ4n) is 6.16. The fourth-order valence-corrected chi connectivity index (χ4v) is 6.16. The van der Waals surface area contributed by atoms with E-state index in [0.717, 1.165) is 0 Å². The molecule has 0 heterocycles. The van der Waals surface area contributed by atoms with Crippen LogP contribution in [0.3, 0.4) is 0 Å². The first-order valence-electron chi connectivity index (χ1n) is 14.2. The molecule has 0 atom stereocenters. The van der Waals surface area contributed by atoms with Gasteiger partial charge in [0.1, 0.15) is 0 Å². The Labute approximate surface area is 276 Å². The average Bonchev–Trinajstić information content (AvgIpc) is 3.62. The molecule has 0 nitrogen and oxygen atoms in total. The van der Waals surface area contributed by atoms with Crippen molar-refractivity contribution in [3.8, 4) is 22.3 Å². The van der Waals surface area contributed by atoms with E-state index in [1.807, 2.05) is 0 Å². The van der Waals surface area contributed by atoms with Crippen molar-refractivity contribution in [1.29, 1.82) is 0 Å². The second-order valence-electron chi connectivity index (χ2n) is 10.7. The molecule has 8 aromatic rings. The van der Waals surface area contributed by atoms with Gasteiger partial charge in [0.25, 0.3) is 0 Å². The Hall–Kier alpha value is -4.01. The number of benzene rings is 6. The number of aryl methyl sites for hydroxylation is 2. The molecule has 0 aliphatic carbocycles. The third kappa shape index (κ3) is 6.42. The Morgan fingerprint density at radius 3 is 1.14 bits per heavy atom. The van der Waals surface area contributed by atoms with Crippen LogP contribution in [0.5, 0.6) is 0 Å². The predicted octanol–water partition coefficient (Wildman–Crippen LogP) is 11.9. The molecule has 0 bridgehead atoms. The summed E-state index contributed by atoms with van der Waals surface area (Å²) in [6.07, 6.45) is 0.